The Kier molecular flexibility index (Phi) is 6.49. The molecule has 2 aromatic heterocycles. The number of rotatable bonds is 7. The zero-order valence-electron chi connectivity index (χ0n) is 19.1. The molecule has 4 aromatic rings. The monoisotopic (exact) mass is 458 g/mol. The van der Waals surface area contributed by atoms with Gasteiger partial charge in [0, 0.05) is 30.0 Å². The van der Waals surface area contributed by atoms with Crippen LogP contribution in [0.4, 0.5) is 11.5 Å². The number of nitrogen functional groups attached to an aromatic ring is 1. The maximum atomic E-state index is 13.2. The quantitative estimate of drug-likeness (QED) is 0.411. The highest BCUT2D eigenvalue weighted by molar-refractivity contribution is 6.06. The van der Waals surface area contributed by atoms with Gasteiger partial charge in [0.1, 0.15) is 17.2 Å². The lowest BCUT2D eigenvalue weighted by molar-refractivity contribution is -0.114. The molecule has 0 unspecified atom stereocenters. The Labute approximate surface area is 195 Å². The number of nitrogens with zero attached hydrogens (tertiary/aromatic N) is 2. The lowest BCUT2D eigenvalue weighted by Crippen LogP contribution is -2.40. The van der Waals surface area contributed by atoms with Crippen molar-refractivity contribution in [2.24, 2.45) is 0 Å². The molecule has 0 saturated carbocycles. The van der Waals surface area contributed by atoms with Gasteiger partial charge in [-0.2, -0.15) is 0 Å². The molecule has 34 heavy (non-hydrogen) atoms. The lowest BCUT2D eigenvalue weighted by atomic mass is 10.1. The number of H-pyrrole nitrogens is 1. The molecule has 8 nitrogen and oxygen atoms in total. The summed E-state index contributed by atoms with van der Waals surface area (Å²) < 4.78 is 7.14. The fourth-order valence-electron chi connectivity index (χ4n) is 3.99. The predicted octanol–water partition coefficient (Wildman–Crippen LogP) is 3.54. The molecule has 2 heterocycles. The molecule has 0 bridgehead atoms. The first-order valence-electron chi connectivity index (χ1n) is 11.1. The molecular weight excluding hydrogens is 432 g/mol. The molecule has 0 atom stereocenters. The van der Waals surface area contributed by atoms with Gasteiger partial charge in [-0.1, -0.05) is 55.5 Å². The first-order chi connectivity index (χ1) is 16.4. The number of aromatic nitrogens is 2. The van der Waals surface area contributed by atoms with Crippen molar-refractivity contribution >= 4 is 34.5 Å². The van der Waals surface area contributed by atoms with Crippen molar-refractivity contribution in [3.05, 3.63) is 98.4 Å². The molecule has 0 aliphatic rings. The minimum absolute atomic E-state index is 0.0551. The Morgan fingerprint density at radius 3 is 2.50 bits per heavy atom. The number of fused-ring (bicyclic) bond motifs is 1. The standard InChI is InChI=1S/C26H26N4O4/c1-3-20-19(18-12-8-9-13-21(18)34-20)14-15-22(31)29(4-2)23-24(27)30(26(33)28-25(23)32)16-17-10-6-5-7-11-17/h5-15H,3-4,16,27H2,1-2H3,(H,28,32,33)/b15-14+. The van der Waals surface area contributed by atoms with Crippen LogP contribution in [0.15, 0.2) is 74.7 Å². The van der Waals surface area contributed by atoms with E-state index in [4.69, 9.17) is 10.2 Å². The first kappa shape index (κ1) is 22.8. The van der Waals surface area contributed by atoms with E-state index in [0.717, 1.165) is 27.9 Å². The third-order valence-electron chi connectivity index (χ3n) is 5.67. The van der Waals surface area contributed by atoms with Crippen LogP contribution >= 0.6 is 0 Å². The lowest BCUT2D eigenvalue weighted by Gasteiger charge is -2.22. The molecule has 0 radical (unpaired) electrons. The minimum atomic E-state index is -0.710. The zero-order valence-corrected chi connectivity index (χ0v) is 19.1. The highest BCUT2D eigenvalue weighted by atomic mass is 16.3. The highest BCUT2D eigenvalue weighted by Crippen LogP contribution is 2.27. The van der Waals surface area contributed by atoms with Crippen LogP contribution < -0.4 is 21.9 Å². The van der Waals surface area contributed by atoms with E-state index >= 15 is 0 Å². The van der Waals surface area contributed by atoms with Gasteiger partial charge in [0.25, 0.3) is 11.5 Å². The van der Waals surface area contributed by atoms with Crippen LogP contribution in [-0.2, 0) is 17.8 Å². The summed E-state index contributed by atoms with van der Waals surface area (Å²) >= 11 is 0. The number of likely N-dealkylation sites (N-methyl/N-ethyl adjacent to an activating group) is 1. The average molecular weight is 459 g/mol. The number of aromatic amines is 1. The van der Waals surface area contributed by atoms with E-state index < -0.39 is 17.2 Å². The molecular formula is C26H26N4O4. The third kappa shape index (κ3) is 4.30. The number of benzene rings is 2. The van der Waals surface area contributed by atoms with Gasteiger partial charge >= 0.3 is 5.69 Å². The maximum absolute atomic E-state index is 13.2. The van der Waals surface area contributed by atoms with Gasteiger partial charge in [0.2, 0.25) is 0 Å². The average Bonchev–Trinajstić information content (AvgIpc) is 3.21. The van der Waals surface area contributed by atoms with E-state index in [1.165, 1.54) is 15.5 Å². The van der Waals surface area contributed by atoms with Gasteiger partial charge in [-0.25, -0.2) is 4.79 Å². The van der Waals surface area contributed by atoms with Gasteiger partial charge in [-0.15, -0.1) is 0 Å². The second kappa shape index (κ2) is 9.66. The van der Waals surface area contributed by atoms with Crippen molar-refractivity contribution in [1.29, 1.82) is 0 Å². The van der Waals surface area contributed by atoms with Crippen molar-refractivity contribution in [3.63, 3.8) is 0 Å². The molecule has 2 aromatic carbocycles. The molecule has 8 heteroatoms. The van der Waals surface area contributed by atoms with Crippen LogP contribution in [0.1, 0.15) is 30.7 Å². The van der Waals surface area contributed by atoms with Crippen LogP contribution in [-0.4, -0.2) is 22.0 Å². The maximum Gasteiger partial charge on any atom is 0.330 e. The SMILES string of the molecule is CCc1oc2ccccc2c1/C=C/C(=O)N(CC)c1c(N)n(Cc2ccccc2)c(=O)[nH]c1=O. The number of nitrogens with one attached hydrogen (secondary N) is 1. The number of nitrogens with two attached hydrogens (primary N) is 1. The number of para-hydroxylation sites is 1. The number of anilines is 2. The summed E-state index contributed by atoms with van der Waals surface area (Å²) in [5.74, 6) is 0.267. The molecule has 0 aliphatic heterocycles. The number of hydrogen-bond acceptors (Lipinski definition) is 5. The molecule has 1 amide bonds. The van der Waals surface area contributed by atoms with E-state index in [9.17, 15) is 14.4 Å². The van der Waals surface area contributed by atoms with Crippen LogP contribution in [0, 0.1) is 0 Å². The largest absolute Gasteiger partial charge is 0.460 e. The van der Waals surface area contributed by atoms with Gasteiger partial charge in [-0.3, -0.25) is 19.1 Å². The minimum Gasteiger partial charge on any atom is -0.460 e. The predicted molar refractivity (Wildman–Crippen MR) is 134 cm³/mol. The Morgan fingerprint density at radius 2 is 1.79 bits per heavy atom. The second-order valence-corrected chi connectivity index (χ2v) is 7.77. The van der Waals surface area contributed by atoms with Crippen LogP contribution in [0.3, 0.4) is 0 Å². The highest BCUT2D eigenvalue weighted by Gasteiger charge is 2.22. The molecule has 0 saturated heterocycles. The second-order valence-electron chi connectivity index (χ2n) is 7.77. The molecule has 174 valence electrons. The summed E-state index contributed by atoms with van der Waals surface area (Å²) in [4.78, 5) is 41.9. The van der Waals surface area contributed by atoms with E-state index in [-0.39, 0.29) is 24.6 Å². The number of carbonyl (C=O) groups excluding carboxylic acids is 1. The number of hydrogen-bond donors (Lipinski definition) is 2. The molecule has 3 N–H and O–H groups in total. The number of furan rings is 1. The summed E-state index contributed by atoms with van der Waals surface area (Å²) in [6, 6.07) is 16.9. The summed E-state index contributed by atoms with van der Waals surface area (Å²) in [7, 11) is 0. The molecule has 0 spiro atoms. The Hall–Kier alpha value is -4.33. The summed E-state index contributed by atoms with van der Waals surface area (Å²) in [5, 5.41) is 0.903. The van der Waals surface area contributed by atoms with Crippen molar-refractivity contribution in [1.82, 2.24) is 9.55 Å². The number of aryl methyl sites for hydroxylation is 1. The van der Waals surface area contributed by atoms with Gasteiger partial charge < -0.3 is 15.1 Å². The number of amides is 1. The molecule has 0 aliphatic carbocycles. The fraction of sp³-hybridized carbons (Fsp3) is 0.192. The van der Waals surface area contributed by atoms with Crippen LogP contribution in [0.25, 0.3) is 17.0 Å². The van der Waals surface area contributed by atoms with Gasteiger partial charge in [0.15, 0.2) is 5.69 Å². The van der Waals surface area contributed by atoms with Crippen molar-refractivity contribution in [3.8, 4) is 0 Å². The normalized spacial score (nSPS) is 11.4. The van der Waals surface area contributed by atoms with E-state index in [0.29, 0.717) is 6.42 Å². The van der Waals surface area contributed by atoms with E-state index in [1.54, 1.807) is 13.0 Å². The van der Waals surface area contributed by atoms with Crippen LogP contribution in [0.5, 0.6) is 0 Å². The van der Waals surface area contributed by atoms with Crippen molar-refractivity contribution < 1.29 is 9.21 Å². The fourth-order valence-corrected chi connectivity index (χ4v) is 3.99. The number of carbonyl (C=O) groups is 1. The van der Waals surface area contributed by atoms with E-state index in [1.807, 2.05) is 61.5 Å². The Morgan fingerprint density at radius 1 is 1.09 bits per heavy atom. The van der Waals surface area contributed by atoms with Gasteiger partial charge in [-0.05, 0) is 24.6 Å². The Bertz CT molecular complexity index is 1480. The first-order valence-corrected chi connectivity index (χ1v) is 11.1. The van der Waals surface area contributed by atoms with Gasteiger partial charge in [0.05, 0.1) is 6.54 Å². The van der Waals surface area contributed by atoms with Crippen molar-refractivity contribution in [2.45, 2.75) is 26.8 Å². The zero-order chi connectivity index (χ0) is 24.2. The molecule has 0 fully saturated rings. The molecule has 4 rings (SSSR count). The Balaban J connectivity index is 1.71. The van der Waals surface area contributed by atoms with Crippen LogP contribution in [0.2, 0.25) is 0 Å². The smallest absolute Gasteiger partial charge is 0.330 e. The summed E-state index contributed by atoms with van der Waals surface area (Å²) in [6.07, 6.45) is 3.75. The topological polar surface area (TPSA) is 114 Å². The van der Waals surface area contributed by atoms with E-state index in [2.05, 4.69) is 4.98 Å². The summed E-state index contributed by atoms with van der Waals surface area (Å²) in [6.45, 7) is 4.07. The third-order valence-corrected chi connectivity index (χ3v) is 5.67. The van der Waals surface area contributed by atoms with Crippen molar-refractivity contribution in [2.75, 3.05) is 17.2 Å². The summed E-state index contributed by atoms with van der Waals surface area (Å²) in [5.41, 5.74) is 7.27.